The maximum atomic E-state index is 10.4. The molecule has 5 nitrogen and oxygen atoms in total. The fourth-order valence-electron chi connectivity index (χ4n) is 0.600. The third kappa shape index (κ3) is 4.84. The van der Waals surface area contributed by atoms with Gasteiger partial charge < -0.3 is 10.8 Å². The summed E-state index contributed by atoms with van der Waals surface area (Å²) in [5, 5.41) is 8.49. The van der Waals surface area contributed by atoms with E-state index in [0.29, 0.717) is 6.42 Å². The minimum absolute atomic E-state index is 0.0579. The van der Waals surface area contributed by atoms with Crippen molar-refractivity contribution in [3.05, 3.63) is 0 Å². The highest BCUT2D eigenvalue weighted by Crippen LogP contribution is 2.06. The quantitative estimate of drug-likeness (QED) is 0.570. The molecule has 0 rings (SSSR count). The van der Waals surface area contributed by atoms with Gasteiger partial charge in [0.05, 0.1) is 12.5 Å². The van der Waals surface area contributed by atoms with Gasteiger partial charge in [0, 0.05) is 0 Å². The van der Waals surface area contributed by atoms with Crippen molar-refractivity contribution < 1.29 is 19.0 Å². The minimum Gasteiger partial charge on any atom is -0.481 e. The van der Waals surface area contributed by atoms with E-state index in [1.54, 1.807) is 0 Å². The first-order chi connectivity index (χ1) is 5.22. The monoisotopic (exact) mass is 179 g/mol. The van der Waals surface area contributed by atoms with Crippen molar-refractivity contribution in [3.63, 3.8) is 0 Å². The van der Waals surface area contributed by atoms with Gasteiger partial charge in [-0.3, -0.25) is 9.32 Å². The summed E-state index contributed by atoms with van der Waals surface area (Å²) in [5.41, 5.74) is 5.14. The predicted molar refractivity (Wildman–Crippen MR) is 38.4 cm³/mol. The fourth-order valence-corrected chi connectivity index (χ4v) is 0.840. The van der Waals surface area contributed by atoms with Crippen molar-refractivity contribution in [3.8, 4) is 0 Å². The van der Waals surface area contributed by atoms with Gasteiger partial charge in [-0.2, -0.15) is 0 Å². The molecule has 0 heterocycles. The fraction of sp³-hybridized carbons (Fsp3) is 0.800. The zero-order chi connectivity index (χ0) is 8.69. The SMILES string of the molecule is NCCC(COP=O)C(=O)O. The Bertz CT molecular complexity index is 140. The number of hydrogen-bond donors (Lipinski definition) is 2. The van der Waals surface area contributed by atoms with Gasteiger partial charge in [-0.25, -0.2) is 4.57 Å². The molecule has 11 heavy (non-hydrogen) atoms. The highest BCUT2D eigenvalue weighted by molar-refractivity contribution is 7.17. The molecule has 1 unspecified atom stereocenters. The molecule has 0 aliphatic rings. The highest BCUT2D eigenvalue weighted by Gasteiger charge is 2.16. The van der Waals surface area contributed by atoms with Crippen LogP contribution in [-0.2, 0) is 13.9 Å². The molecule has 0 aromatic heterocycles. The zero-order valence-electron chi connectivity index (χ0n) is 5.90. The Labute approximate surface area is 65.8 Å². The molecule has 0 fully saturated rings. The topological polar surface area (TPSA) is 89.6 Å². The van der Waals surface area contributed by atoms with Crippen LogP contribution in [0, 0.1) is 5.92 Å². The molecular weight excluding hydrogens is 169 g/mol. The molecule has 0 aromatic rings. The molecule has 6 heteroatoms. The molecule has 0 aliphatic heterocycles. The van der Waals surface area contributed by atoms with Crippen LogP contribution in [0.3, 0.4) is 0 Å². The van der Waals surface area contributed by atoms with E-state index in [-0.39, 0.29) is 13.2 Å². The summed E-state index contributed by atoms with van der Waals surface area (Å²) in [6.07, 6.45) is 0.338. The van der Waals surface area contributed by atoms with Gasteiger partial charge in [0.1, 0.15) is 0 Å². The summed E-state index contributed by atoms with van der Waals surface area (Å²) in [6.45, 7) is 0.230. The van der Waals surface area contributed by atoms with E-state index in [1.807, 2.05) is 0 Å². The third-order valence-electron chi connectivity index (χ3n) is 1.19. The third-order valence-corrected chi connectivity index (χ3v) is 1.45. The van der Waals surface area contributed by atoms with Crippen LogP contribution >= 0.6 is 8.69 Å². The molecule has 0 aliphatic carbocycles. The number of rotatable bonds is 6. The van der Waals surface area contributed by atoms with E-state index in [2.05, 4.69) is 4.52 Å². The summed E-state index contributed by atoms with van der Waals surface area (Å²) >= 11 is 0. The maximum absolute atomic E-state index is 10.4. The first-order valence-corrected chi connectivity index (χ1v) is 3.83. The van der Waals surface area contributed by atoms with Gasteiger partial charge in [0.25, 0.3) is 0 Å². The van der Waals surface area contributed by atoms with Gasteiger partial charge >= 0.3 is 14.7 Å². The molecule has 3 N–H and O–H groups in total. The standard InChI is InChI=1S/C5H10NO4P/c6-2-1-4(5(7)8)3-10-11-9/h4H,1-3,6H2,(H,7,8). The Hall–Kier alpha value is -0.510. The number of carbonyl (C=O) groups is 1. The second kappa shape index (κ2) is 6.22. The lowest BCUT2D eigenvalue weighted by molar-refractivity contribution is -0.142. The lowest BCUT2D eigenvalue weighted by Crippen LogP contribution is -2.21. The van der Waals surface area contributed by atoms with Crippen LogP contribution in [0.1, 0.15) is 6.42 Å². The van der Waals surface area contributed by atoms with E-state index in [9.17, 15) is 9.36 Å². The maximum Gasteiger partial charge on any atom is 0.327 e. The van der Waals surface area contributed by atoms with Gasteiger partial charge in [-0.05, 0) is 13.0 Å². The highest BCUT2D eigenvalue weighted by atomic mass is 31.1. The van der Waals surface area contributed by atoms with Crippen molar-refractivity contribution in [2.24, 2.45) is 11.7 Å². The largest absolute Gasteiger partial charge is 0.481 e. The summed E-state index contributed by atoms with van der Waals surface area (Å²) in [6, 6.07) is 0. The van der Waals surface area contributed by atoms with E-state index in [0.717, 1.165) is 0 Å². The zero-order valence-corrected chi connectivity index (χ0v) is 6.79. The number of carboxylic acids is 1. The van der Waals surface area contributed by atoms with Crippen LogP contribution in [0.5, 0.6) is 0 Å². The van der Waals surface area contributed by atoms with E-state index < -0.39 is 20.6 Å². The molecule has 0 radical (unpaired) electrons. The summed E-state index contributed by atoms with van der Waals surface area (Å²) in [5.74, 6) is -1.62. The molecular formula is C5H10NO4P. The first-order valence-electron chi connectivity index (χ1n) is 3.09. The lowest BCUT2D eigenvalue weighted by Gasteiger charge is -2.06. The Morgan fingerprint density at radius 3 is 2.73 bits per heavy atom. The van der Waals surface area contributed by atoms with Crippen molar-refractivity contribution in [1.82, 2.24) is 0 Å². The average molecular weight is 179 g/mol. The summed E-state index contributed by atoms with van der Waals surface area (Å²) < 4.78 is 14.2. The Morgan fingerprint density at radius 1 is 1.73 bits per heavy atom. The van der Waals surface area contributed by atoms with Crippen molar-refractivity contribution in [2.75, 3.05) is 13.2 Å². The van der Waals surface area contributed by atoms with Crippen LogP contribution in [0.25, 0.3) is 0 Å². The predicted octanol–water partition coefficient (Wildman–Crippen LogP) is 0.259. The van der Waals surface area contributed by atoms with Gasteiger partial charge in [0.2, 0.25) is 0 Å². The van der Waals surface area contributed by atoms with E-state index in [4.69, 9.17) is 10.8 Å². The lowest BCUT2D eigenvalue weighted by atomic mass is 10.1. The van der Waals surface area contributed by atoms with Crippen LogP contribution in [0.4, 0.5) is 0 Å². The average Bonchev–Trinajstić information content (AvgIpc) is 1.97. The van der Waals surface area contributed by atoms with Crippen LogP contribution in [0.2, 0.25) is 0 Å². The van der Waals surface area contributed by atoms with E-state index >= 15 is 0 Å². The van der Waals surface area contributed by atoms with Crippen molar-refractivity contribution in [2.45, 2.75) is 6.42 Å². The normalized spacial score (nSPS) is 13.2. The Balaban J connectivity index is 3.68. The molecule has 1 atom stereocenters. The van der Waals surface area contributed by atoms with Gasteiger partial charge in [-0.1, -0.05) is 0 Å². The number of hydrogen-bond acceptors (Lipinski definition) is 4. The molecule has 0 saturated heterocycles. The minimum atomic E-state index is -0.973. The smallest absolute Gasteiger partial charge is 0.327 e. The van der Waals surface area contributed by atoms with E-state index in [1.165, 1.54) is 0 Å². The number of aliphatic carboxylic acids is 1. The second-order valence-electron chi connectivity index (χ2n) is 1.98. The molecule has 0 amide bonds. The summed E-state index contributed by atoms with van der Waals surface area (Å²) in [4.78, 5) is 10.4. The van der Waals surface area contributed by atoms with Crippen LogP contribution in [0.15, 0.2) is 0 Å². The number of nitrogens with two attached hydrogens (primary N) is 1. The van der Waals surface area contributed by atoms with Crippen molar-refractivity contribution >= 4 is 14.7 Å². The summed E-state index contributed by atoms with van der Waals surface area (Å²) in [7, 11) is -0.494. The molecule has 64 valence electrons. The Kier molecular flexibility index (Phi) is 5.93. The van der Waals surface area contributed by atoms with Crippen molar-refractivity contribution in [1.29, 1.82) is 0 Å². The molecule has 0 aromatic carbocycles. The van der Waals surface area contributed by atoms with Gasteiger partial charge in [0.15, 0.2) is 0 Å². The second-order valence-corrected chi connectivity index (χ2v) is 2.39. The molecule has 0 saturated carbocycles. The Morgan fingerprint density at radius 2 is 2.36 bits per heavy atom. The first kappa shape index (κ1) is 10.5. The van der Waals surface area contributed by atoms with Crippen LogP contribution < -0.4 is 5.73 Å². The number of carboxylic acid groups (broad SMARTS) is 1. The van der Waals surface area contributed by atoms with Crippen LogP contribution in [-0.4, -0.2) is 24.2 Å². The molecule has 0 spiro atoms. The van der Waals surface area contributed by atoms with Gasteiger partial charge in [-0.15, -0.1) is 0 Å². The molecule has 0 bridgehead atoms.